The number of carboxylic acid groups (broad SMARTS) is 1. The van der Waals surface area contributed by atoms with Crippen LogP contribution >= 0.6 is 23.1 Å². The van der Waals surface area contributed by atoms with E-state index in [-0.39, 0.29) is 33.9 Å². The molecule has 6 N–H and O–H groups in total. The molecule has 0 spiro atoms. The lowest BCUT2D eigenvalue weighted by Gasteiger charge is -2.49. The molecule has 0 radical (unpaired) electrons. The van der Waals surface area contributed by atoms with Crippen molar-refractivity contribution in [3.63, 3.8) is 0 Å². The fourth-order valence-corrected chi connectivity index (χ4v) is 6.37. The first-order valence-electron chi connectivity index (χ1n) is 11.6. The summed E-state index contributed by atoms with van der Waals surface area (Å²) in [5.74, 6) is -2.62. The molecule has 2 unspecified atom stereocenters. The van der Waals surface area contributed by atoms with Crippen molar-refractivity contribution in [3.8, 4) is 0 Å². The SMILES string of the molecule is CON=C(C(=O)NC1C(=O)N2C(C(=O)O)=C(C=C3CCN(c4ccc(N)cc4)C3=O)CSC12)c1csc(N)n1. The Hall–Kier alpha value is -4.37. The maximum atomic E-state index is 13.1. The van der Waals surface area contributed by atoms with Gasteiger partial charge in [-0.1, -0.05) is 5.16 Å². The molecule has 5 rings (SSSR count). The zero-order valence-electron chi connectivity index (χ0n) is 20.5. The molecule has 39 heavy (non-hydrogen) atoms. The summed E-state index contributed by atoms with van der Waals surface area (Å²) >= 11 is 2.40. The second-order valence-corrected chi connectivity index (χ2v) is 10.7. The number of hydrogen-bond acceptors (Lipinski definition) is 11. The summed E-state index contributed by atoms with van der Waals surface area (Å²) in [4.78, 5) is 62.8. The largest absolute Gasteiger partial charge is 0.477 e. The van der Waals surface area contributed by atoms with E-state index in [0.29, 0.717) is 35.5 Å². The average molecular weight is 570 g/mol. The molecule has 4 heterocycles. The third-order valence-corrected chi connectivity index (χ3v) is 8.30. The first kappa shape index (κ1) is 26.2. The molecule has 1 aromatic heterocycles. The number of nitrogen functional groups attached to an aromatic ring is 2. The number of carbonyl (C=O) groups is 4. The van der Waals surface area contributed by atoms with Crippen LogP contribution in [0.15, 0.2) is 57.7 Å². The number of thiazole rings is 1. The number of carboxylic acids is 1. The van der Waals surface area contributed by atoms with E-state index >= 15 is 0 Å². The van der Waals surface area contributed by atoms with Crippen LogP contribution in [0.1, 0.15) is 12.1 Å². The van der Waals surface area contributed by atoms with Gasteiger partial charge in [0.1, 0.15) is 29.9 Å². The number of oxime groups is 1. The highest BCUT2D eigenvalue weighted by atomic mass is 32.2. The third-order valence-electron chi connectivity index (χ3n) is 6.33. The van der Waals surface area contributed by atoms with Crippen molar-refractivity contribution in [3.05, 3.63) is 58.3 Å². The number of β-lactam (4-membered cyclic amide) rings is 1. The second-order valence-electron chi connectivity index (χ2n) is 8.70. The zero-order valence-corrected chi connectivity index (χ0v) is 22.1. The molecule has 13 nitrogen and oxygen atoms in total. The van der Waals surface area contributed by atoms with Gasteiger partial charge in [0.05, 0.1) is 0 Å². The number of allylic oxidation sites excluding steroid dienone is 1. The van der Waals surface area contributed by atoms with Crippen LogP contribution in [0.4, 0.5) is 16.5 Å². The minimum absolute atomic E-state index is 0.165. The minimum atomic E-state index is -1.30. The van der Waals surface area contributed by atoms with Gasteiger partial charge >= 0.3 is 5.97 Å². The molecular formula is C24H23N7O6S2. The van der Waals surface area contributed by atoms with Crippen molar-refractivity contribution < 1.29 is 29.1 Å². The number of nitrogens with one attached hydrogen (secondary N) is 1. The Kier molecular flexibility index (Phi) is 7.01. The number of amides is 3. The number of aliphatic carboxylic acids is 1. The summed E-state index contributed by atoms with van der Waals surface area (Å²) in [5.41, 5.74) is 13.3. The Morgan fingerprint density at radius 2 is 2.00 bits per heavy atom. The monoisotopic (exact) mass is 569 g/mol. The molecule has 2 saturated heterocycles. The number of carbonyl (C=O) groups excluding carboxylic acids is 3. The van der Waals surface area contributed by atoms with Crippen molar-refractivity contribution in [1.82, 2.24) is 15.2 Å². The van der Waals surface area contributed by atoms with E-state index in [1.54, 1.807) is 35.2 Å². The zero-order chi connectivity index (χ0) is 27.8. The topological polar surface area (TPSA) is 194 Å². The first-order valence-corrected chi connectivity index (χ1v) is 13.5. The standard InChI is InChI=1S/C24H23N7O6S2/c1-37-29-16(15-10-39-24(26)27-15)19(32)28-17-21(34)31-18(23(35)36)12(9-38-22(17)31)8-11-6-7-30(20(11)33)14-4-2-13(25)3-5-14/h2-5,8,10,17,22H,6-7,9,25H2,1H3,(H2,26,27)(H,28,32)(H,35,36). The van der Waals surface area contributed by atoms with Gasteiger partial charge in [-0.25, -0.2) is 9.78 Å². The van der Waals surface area contributed by atoms with Gasteiger partial charge in [0.25, 0.3) is 17.7 Å². The van der Waals surface area contributed by atoms with Gasteiger partial charge in [0.15, 0.2) is 10.8 Å². The number of nitrogens with two attached hydrogens (primary N) is 2. The van der Waals surface area contributed by atoms with Crippen LogP contribution in [0.5, 0.6) is 0 Å². The molecule has 202 valence electrons. The number of rotatable bonds is 7. The van der Waals surface area contributed by atoms with Crippen LogP contribution in [-0.4, -0.2) is 75.2 Å². The van der Waals surface area contributed by atoms with Crippen LogP contribution in [0.2, 0.25) is 0 Å². The smallest absolute Gasteiger partial charge is 0.352 e. The summed E-state index contributed by atoms with van der Waals surface area (Å²) in [6.45, 7) is 0.437. The van der Waals surface area contributed by atoms with Crippen molar-refractivity contribution in [2.75, 3.05) is 35.8 Å². The van der Waals surface area contributed by atoms with Crippen molar-refractivity contribution in [2.45, 2.75) is 17.8 Å². The lowest BCUT2D eigenvalue weighted by Crippen LogP contribution is -2.71. The maximum Gasteiger partial charge on any atom is 0.352 e. The summed E-state index contributed by atoms with van der Waals surface area (Å²) in [6.07, 6.45) is 1.98. The molecule has 3 aliphatic rings. The summed E-state index contributed by atoms with van der Waals surface area (Å²) in [7, 11) is 1.26. The average Bonchev–Trinajstić information content (AvgIpc) is 3.50. The highest BCUT2D eigenvalue weighted by Gasteiger charge is 2.54. The number of nitrogens with zero attached hydrogens (tertiary/aromatic N) is 4. The Morgan fingerprint density at radius 1 is 1.26 bits per heavy atom. The predicted octanol–water partition coefficient (Wildman–Crippen LogP) is 0.760. The molecule has 3 amide bonds. The van der Waals surface area contributed by atoms with E-state index in [1.807, 2.05) is 0 Å². The van der Waals surface area contributed by atoms with Crippen LogP contribution in [-0.2, 0) is 24.0 Å². The Labute approximate surface area is 230 Å². The fourth-order valence-electron chi connectivity index (χ4n) is 4.51. The Bertz CT molecular complexity index is 1470. The molecule has 1 aromatic carbocycles. The van der Waals surface area contributed by atoms with Crippen LogP contribution < -0.4 is 21.7 Å². The molecule has 0 saturated carbocycles. The predicted molar refractivity (Wildman–Crippen MR) is 146 cm³/mol. The van der Waals surface area contributed by atoms with Gasteiger partial charge in [0, 0.05) is 34.6 Å². The summed E-state index contributed by atoms with van der Waals surface area (Å²) < 4.78 is 0. The second kappa shape index (κ2) is 10.4. The van der Waals surface area contributed by atoms with Crippen molar-refractivity contribution in [1.29, 1.82) is 0 Å². The first-order chi connectivity index (χ1) is 18.7. The van der Waals surface area contributed by atoms with E-state index < -0.39 is 29.2 Å². The maximum absolute atomic E-state index is 13.1. The van der Waals surface area contributed by atoms with Crippen LogP contribution in [0.25, 0.3) is 0 Å². The van der Waals surface area contributed by atoms with E-state index in [2.05, 4.69) is 15.5 Å². The minimum Gasteiger partial charge on any atom is -0.477 e. The lowest BCUT2D eigenvalue weighted by atomic mass is 10.0. The number of anilines is 3. The molecular weight excluding hydrogens is 546 g/mol. The molecule has 15 heteroatoms. The Morgan fingerprint density at radius 3 is 2.64 bits per heavy atom. The molecule has 2 fully saturated rings. The molecule has 2 atom stereocenters. The van der Waals surface area contributed by atoms with E-state index in [4.69, 9.17) is 16.3 Å². The van der Waals surface area contributed by atoms with Crippen molar-refractivity contribution >= 4 is 69.0 Å². The normalized spacial score (nSPS) is 22.2. The van der Waals surface area contributed by atoms with Crippen LogP contribution in [0.3, 0.4) is 0 Å². The number of aromatic nitrogens is 1. The Balaban J connectivity index is 1.35. The quantitative estimate of drug-likeness (QED) is 0.122. The molecule has 0 bridgehead atoms. The van der Waals surface area contributed by atoms with Gasteiger partial charge in [-0.05, 0) is 42.3 Å². The molecule has 2 aromatic rings. The van der Waals surface area contributed by atoms with Crippen molar-refractivity contribution in [2.24, 2.45) is 5.16 Å². The van der Waals surface area contributed by atoms with E-state index in [1.165, 1.54) is 24.3 Å². The number of benzene rings is 1. The van der Waals surface area contributed by atoms with Crippen LogP contribution in [0, 0.1) is 0 Å². The highest BCUT2D eigenvalue weighted by Crippen LogP contribution is 2.41. The third kappa shape index (κ3) is 4.81. The summed E-state index contributed by atoms with van der Waals surface area (Å²) in [6, 6.07) is 5.91. The van der Waals surface area contributed by atoms with Gasteiger partial charge in [-0.3, -0.25) is 19.3 Å². The van der Waals surface area contributed by atoms with Gasteiger partial charge < -0.3 is 31.6 Å². The highest BCUT2D eigenvalue weighted by molar-refractivity contribution is 8.00. The fraction of sp³-hybridized carbons (Fsp3) is 0.250. The van der Waals surface area contributed by atoms with Gasteiger partial charge in [-0.2, -0.15) is 0 Å². The van der Waals surface area contributed by atoms with Gasteiger partial charge in [0.2, 0.25) is 0 Å². The van der Waals surface area contributed by atoms with Gasteiger partial charge in [-0.15, -0.1) is 23.1 Å². The number of fused-ring (bicyclic) bond motifs is 1. The van der Waals surface area contributed by atoms with E-state index in [9.17, 15) is 24.3 Å². The number of hydrogen-bond donors (Lipinski definition) is 4. The molecule has 3 aliphatic heterocycles. The summed E-state index contributed by atoms with van der Waals surface area (Å²) in [5, 5.41) is 17.4. The lowest BCUT2D eigenvalue weighted by molar-refractivity contribution is -0.150. The number of thioether (sulfide) groups is 1. The van der Waals surface area contributed by atoms with E-state index in [0.717, 1.165) is 16.2 Å². The molecule has 0 aliphatic carbocycles.